The largest absolute Gasteiger partial charge is 0.482 e. The van der Waals surface area contributed by atoms with Gasteiger partial charge in [0.1, 0.15) is 5.75 Å². The van der Waals surface area contributed by atoms with Crippen molar-refractivity contribution in [3.05, 3.63) is 48.3 Å². The summed E-state index contributed by atoms with van der Waals surface area (Å²) < 4.78 is 24.3. The first-order valence-corrected chi connectivity index (χ1v) is 7.71. The summed E-state index contributed by atoms with van der Waals surface area (Å²) in [6, 6.07) is 10.9. The van der Waals surface area contributed by atoms with Crippen molar-refractivity contribution in [2.45, 2.75) is 13.0 Å². The van der Waals surface area contributed by atoms with Crippen molar-refractivity contribution in [3.63, 3.8) is 0 Å². The molecule has 0 unspecified atom stereocenters. The Hall–Kier alpha value is -3.09. The molecule has 25 heavy (non-hydrogen) atoms. The lowest BCUT2D eigenvalue weighted by atomic mass is 10.2. The summed E-state index contributed by atoms with van der Waals surface area (Å²) in [6.07, 6.45) is -0.899. The predicted molar refractivity (Wildman–Crippen MR) is 90.5 cm³/mol. The molecule has 2 aromatic carbocycles. The van der Waals surface area contributed by atoms with E-state index in [-0.39, 0.29) is 18.3 Å². The third kappa shape index (κ3) is 3.55. The van der Waals surface area contributed by atoms with E-state index >= 15 is 0 Å². The number of hydrogen-bond acceptors (Lipinski definition) is 4. The summed E-state index contributed by atoms with van der Waals surface area (Å²) in [7, 11) is 1.64. The monoisotopic (exact) mass is 344 g/mol. The van der Waals surface area contributed by atoms with Gasteiger partial charge in [-0.3, -0.25) is 9.59 Å². The maximum absolute atomic E-state index is 13.6. The second-order valence-corrected chi connectivity index (χ2v) is 5.60. The minimum Gasteiger partial charge on any atom is -0.482 e. The molecule has 3 rings (SSSR count). The fourth-order valence-electron chi connectivity index (χ4n) is 2.38. The number of para-hydroxylation sites is 1. The van der Waals surface area contributed by atoms with Crippen molar-refractivity contribution in [3.8, 4) is 11.5 Å². The van der Waals surface area contributed by atoms with Crippen molar-refractivity contribution in [2.24, 2.45) is 0 Å². The van der Waals surface area contributed by atoms with Gasteiger partial charge in [0.15, 0.2) is 24.3 Å². The molecule has 0 spiro atoms. The van der Waals surface area contributed by atoms with Crippen LogP contribution in [0.15, 0.2) is 42.5 Å². The number of carbonyl (C=O) groups is 2. The number of hydrogen-bond donors (Lipinski definition) is 1. The summed E-state index contributed by atoms with van der Waals surface area (Å²) >= 11 is 0. The molecule has 1 N–H and O–H groups in total. The number of nitrogens with one attached hydrogen (secondary N) is 1. The van der Waals surface area contributed by atoms with Gasteiger partial charge in [-0.15, -0.1) is 0 Å². The quantitative estimate of drug-likeness (QED) is 0.926. The Balaban J connectivity index is 1.71. The number of ether oxygens (including phenoxy) is 2. The smallest absolute Gasteiger partial charge is 0.265 e. The van der Waals surface area contributed by atoms with Crippen LogP contribution < -0.4 is 19.7 Å². The molecule has 1 aliphatic heterocycles. The zero-order valence-electron chi connectivity index (χ0n) is 13.8. The van der Waals surface area contributed by atoms with Crippen LogP contribution in [0.5, 0.6) is 11.5 Å². The Morgan fingerprint density at radius 3 is 2.84 bits per heavy atom. The second kappa shape index (κ2) is 6.80. The molecule has 0 saturated carbocycles. The summed E-state index contributed by atoms with van der Waals surface area (Å²) in [5.74, 6) is -0.570. The van der Waals surface area contributed by atoms with Crippen LogP contribution in [0.3, 0.4) is 0 Å². The van der Waals surface area contributed by atoms with Gasteiger partial charge in [-0.25, -0.2) is 4.39 Å². The van der Waals surface area contributed by atoms with Crippen LogP contribution in [0.4, 0.5) is 15.8 Å². The lowest BCUT2D eigenvalue weighted by molar-refractivity contribution is -0.122. The highest BCUT2D eigenvalue weighted by molar-refractivity contribution is 5.99. The normalized spacial score (nSPS) is 14.4. The molecule has 130 valence electrons. The molecule has 6 nitrogen and oxygen atoms in total. The minimum atomic E-state index is -0.899. The number of benzene rings is 2. The van der Waals surface area contributed by atoms with Crippen molar-refractivity contribution >= 4 is 23.2 Å². The van der Waals surface area contributed by atoms with Gasteiger partial charge >= 0.3 is 0 Å². The Bertz CT molecular complexity index is 824. The number of fused-ring (bicyclic) bond motifs is 1. The Morgan fingerprint density at radius 1 is 1.32 bits per heavy atom. The highest BCUT2D eigenvalue weighted by Crippen LogP contribution is 2.33. The van der Waals surface area contributed by atoms with E-state index in [4.69, 9.17) is 9.47 Å². The third-order valence-electron chi connectivity index (χ3n) is 3.82. The van der Waals surface area contributed by atoms with Gasteiger partial charge in [-0.1, -0.05) is 12.1 Å². The predicted octanol–water partition coefficient (Wildman–Crippen LogP) is 2.59. The van der Waals surface area contributed by atoms with E-state index < -0.39 is 17.8 Å². The van der Waals surface area contributed by atoms with E-state index in [0.717, 1.165) is 0 Å². The van der Waals surface area contributed by atoms with Gasteiger partial charge in [0.25, 0.3) is 11.8 Å². The molecule has 1 atom stereocenters. The molecule has 0 bridgehead atoms. The molecule has 0 fully saturated rings. The van der Waals surface area contributed by atoms with E-state index in [1.807, 2.05) is 0 Å². The van der Waals surface area contributed by atoms with Crippen LogP contribution in [0.2, 0.25) is 0 Å². The highest BCUT2D eigenvalue weighted by Gasteiger charge is 2.23. The van der Waals surface area contributed by atoms with Crippen LogP contribution in [-0.4, -0.2) is 31.6 Å². The average Bonchev–Trinajstić information content (AvgIpc) is 2.60. The molecule has 0 aromatic heterocycles. The highest BCUT2D eigenvalue weighted by atomic mass is 19.1. The van der Waals surface area contributed by atoms with E-state index in [0.29, 0.717) is 17.1 Å². The van der Waals surface area contributed by atoms with Crippen LogP contribution in [0.25, 0.3) is 0 Å². The fourth-order valence-corrected chi connectivity index (χ4v) is 2.38. The molecule has 1 aliphatic rings. The molecule has 7 heteroatoms. The maximum Gasteiger partial charge on any atom is 0.265 e. The number of anilines is 2. The van der Waals surface area contributed by atoms with E-state index in [1.165, 1.54) is 24.0 Å². The van der Waals surface area contributed by atoms with Crippen molar-refractivity contribution in [1.82, 2.24) is 0 Å². The van der Waals surface area contributed by atoms with Gasteiger partial charge in [-0.05, 0) is 37.3 Å². The zero-order valence-corrected chi connectivity index (χ0v) is 13.8. The Labute approximate surface area is 144 Å². The number of halogens is 1. The molecular weight excluding hydrogens is 327 g/mol. The number of likely N-dealkylation sites (N-methyl/N-ethyl adjacent to an activating group) is 1. The summed E-state index contributed by atoms with van der Waals surface area (Å²) in [5, 5.41) is 2.69. The lowest BCUT2D eigenvalue weighted by Crippen LogP contribution is -2.35. The maximum atomic E-state index is 13.6. The van der Waals surface area contributed by atoms with Gasteiger partial charge in [-0.2, -0.15) is 0 Å². The lowest BCUT2D eigenvalue weighted by Gasteiger charge is -2.26. The molecule has 2 amide bonds. The number of nitrogens with zero attached hydrogens (tertiary/aromatic N) is 1. The molecule has 0 radical (unpaired) electrons. The number of amides is 2. The van der Waals surface area contributed by atoms with Crippen molar-refractivity contribution in [1.29, 1.82) is 0 Å². The van der Waals surface area contributed by atoms with E-state index in [1.54, 1.807) is 37.4 Å². The summed E-state index contributed by atoms with van der Waals surface area (Å²) in [4.78, 5) is 25.4. The summed E-state index contributed by atoms with van der Waals surface area (Å²) in [6.45, 7) is 1.52. The first kappa shape index (κ1) is 16.8. The van der Waals surface area contributed by atoms with Crippen molar-refractivity contribution < 1.29 is 23.5 Å². The van der Waals surface area contributed by atoms with Gasteiger partial charge < -0.3 is 19.7 Å². The third-order valence-corrected chi connectivity index (χ3v) is 3.82. The molecular formula is C18H17FN2O4. The van der Waals surface area contributed by atoms with Crippen molar-refractivity contribution in [2.75, 3.05) is 23.9 Å². The second-order valence-electron chi connectivity index (χ2n) is 5.60. The van der Waals surface area contributed by atoms with E-state index in [9.17, 15) is 14.0 Å². The Morgan fingerprint density at radius 2 is 2.08 bits per heavy atom. The molecule has 2 aromatic rings. The van der Waals surface area contributed by atoms with E-state index in [2.05, 4.69) is 5.32 Å². The zero-order chi connectivity index (χ0) is 18.0. The number of rotatable bonds is 4. The van der Waals surface area contributed by atoms with Crippen LogP contribution >= 0.6 is 0 Å². The average molecular weight is 344 g/mol. The molecule has 0 aliphatic carbocycles. The first-order chi connectivity index (χ1) is 12.0. The standard InChI is InChI=1S/C18H17FN2O4/c1-11(25-15-6-4-3-5-13(15)19)18(23)20-12-7-8-16-14(9-12)21(2)17(22)10-24-16/h3-9,11H,10H2,1-2H3,(H,20,23)/t11-/m1/s1. The van der Waals surface area contributed by atoms with Crippen LogP contribution in [0.1, 0.15) is 6.92 Å². The molecule has 0 saturated heterocycles. The van der Waals surface area contributed by atoms with Crippen LogP contribution in [-0.2, 0) is 9.59 Å². The Kier molecular flexibility index (Phi) is 4.56. The topological polar surface area (TPSA) is 67.9 Å². The number of carbonyl (C=O) groups excluding carboxylic acids is 2. The minimum absolute atomic E-state index is 0.00863. The SMILES string of the molecule is C[C@@H](Oc1ccccc1F)C(=O)Nc1ccc2c(c1)N(C)C(=O)CO2. The summed E-state index contributed by atoms with van der Waals surface area (Å²) in [5.41, 5.74) is 1.05. The molecule has 1 heterocycles. The van der Waals surface area contributed by atoms with Crippen LogP contribution in [0, 0.1) is 5.82 Å². The fraction of sp³-hybridized carbons (Fsp3) is 0.222. The van der Waals surface area contributed by atoms with Gasteiger partial charge in [0, 0.05) is 12.7 Å². The van der Waals surface area contributed by atoms with Gasteiger partial charge in [0.2, 0.25) is 0 Å². The van der Waals surface area contributed by atoms with Gasteiger partial charge in [0.05, 0.1) is 5.69 Å². The first-order valence-electron chi connectivity index (χ1n) is 7.71.